The number of amides is 1. The summed E-state index contributed by atoms with van der Waals surface area (Å²) in [5.74, 6) is -0.784. The van der Waals surface area contributed by atoms with Crippen molar-refractivity contribution in [3.63, 3.8) is 0 Å². The van der Waals surface area contributed by atoms with Crippen LogP contribution < -0.4 is 4.90 Å². The first-order chi connectivity index (χ1) is 8.81. The Labute approximate surface area is 116 Å². The summed E-state index contributed by atoms with van der Waals surface area (Å²) >= 11 is 1.33. The van der Waals surface area contributed by atoms with E-state index in [2.05, 4.69) is 0 Å². The fraction of sp³-hybridized carbons (Fsp3) is 0.429. The molecular weight excluding hydrogens is 262 g/mol. The van der Waals surface area contributed by atoms with Gasteiger partial charge in [0.25, 0.3) is 0 Å². The Morgan fingerprint density at radius 1 is 1.37 bits per heavy atom. The highest BCUT2D eigenvalue weighted by atomic mass is 32.2. The molecule has 0 fully saturated rings. The van der Waals surface area contributed by atoms with E-state index in [9.17, 15) is 9.59 Å². The van der Waals surface area contributed by atoms with Crippen LogP contribution in [-0.2, 0) is 16.0 Å². The number of thioether (sulfide) groups is 1. The van der Waals surface area contributed by atoms with Gasteiger partial charge in [0.1, 0.15) is 4.75 Å². The fourth-order valence-corrected chi connectivity index (χ4v) is 3.12. The molecule has 5 heteroatoms. The molecule has 1 N–H and O–H groups in total. The van der Waals surface area contributed by atoms with Crippen LogP contribution >= 0.6 is 11.8 Å². The number of benzene rings is 1. The molecule has 1 heterocycles. The maximum absolute atomic E-state index is 11.5. The molecule has 0 aliphatic carbocycles. The van der Waals surface area contributed by atoms with Crippen molar-refractivity contribution in [1.29, 1.82) is 0 Å². The molecule has 1 aliphatic heterocycles. The highest BCUT2D eigenvalue weighted by molar-refractivity contribution is 8.01. The van der Waals surface area contributed by atoms with E-state index in [1.807, 2.05) is 18.2 Å². The number of carbonyl (C=O) groups excluding carboxylic acids is 1. The van der Waals surface area contributed by atoms with Gasteiger partial charge in [0.05, 0.1) is 0 Å². The molecule has 0 radical (unpaired) electrons. The first kappa shape index (κ1) is 13.9. The number of hydrogen-bond acceptors (Lipinski definition) is 3. The van der Waals surface area contributed by atoms with Gasteiger partial charge >= 0.3 is 5.97 Å². The van der Waals surface area contributed by atoms with Gasteiger partial charge in [-0.05, 0) is 44.0 Å². The van der Waals surface area contributed by atoms with E-state index in [1.165, 1.54) is 11.8 Å². The molecule has 0 saturated carbocycles. The van der Waals surface area contributed by atoms with Gasteiger partial charge in [-0.1, -0.05) is 0 Å². The number of anilines is 1. The van der Waals surface area contributed by atoms with E-state index >= 15 is 0 Å². The van der Waals surface area contributed by atoms with Crippen LogP contribution in [-0.4, -0.2) is 28.3 Å². The number of fused-ring (bicyclic) bond motifs is 1. The van der Waals surface area contributed by atoms with E-state index in [1.54, 1.807) is 25.7 Å². The van der Waals surface area contributed by atoms with E-state index < -0.39 is 10.7 Å². The Bertz CT molecular complexity index is 539. The van der Waals surface area contributed by atoms with Gasteiger partial charge in [-0.15, -0.1) is 11.8 Å². The molecule has 0 atom stereocenters. The minimum absolute atomic E-state index is 0.0463. The van der Waals surface area contributed by atoms with E-state index in [0.29, 0.717) is 6.54 Å². The third-order valence-corrected chi connectivity index (χ3v) is 4.39. The lowest BCUT2D eigenvalue weighted by molar-refractivity contribution is -0.138. The monoisotopic (exact) mass is 279 g/mol. The Kier molecular flexibility index (Phi) is 3.58. The van der Waals surface area contributed by atoms with Gasteiger partial charge in [0.15, 0.2) is 0 Å². The summed E-state index contributed by atoms with van der Waals surface area (Å²) in [6, 6.07) is 5.78. The molecule has 1 aromatic carbocycles. The Balaban J connectivity index is 2.24. The van der Waals surface area contributed by atoms with Gasteiger partial charge in [0, 0.05) is 24.1 Å². The number of carboxylic acid groups (broad SMARTS) is 1. The van der Waals surface area contributed by atoms with E-state index in [-0.39, 0.29) is 5.91 Å². The zero-order valence-corrected chi connectivity index (χ0v) is 12.1. The summed E-state index contributed by atoms with van der Waals surface area (Å²) < 4.78 is -0.854. The predicted molar refractivity (Wildman–Crippen MR) is 75.7 cm³/mol. The van der Waals surface area contributed by atoms with Crippen molar-refractivity contribution in [2.45, 2.75) is 36.8 Å². The first-order valence-electron chi connectivity index (χ1n) is 6.15. The summed E-state index contributed by atoms with van der Waals surface area (Å²) in [6.07, 6.45) is 0.830. The van der Waals surface area contributed by atoms with Crippen LogP contribution in [0.3, 0.4) is 0 Å². The lowest BCUT2D eigenvalue weighted by Crippen LogP contribution is -2.27. The predicted octanol–water partition coefficient (Wildman–Crippen LogP) is 2.55. The van der Waals surface area contributed by atoms with Gasteiger partial charge in [-0.25, -0.2) is 0 Å². The molecule has 1 aromatic rings. The third kappa shape index (κ3) is 2.76. The molecular formula is C14H17NO3S. The molecule has 0 spiro atoms. The average molecular weight is 279 g/mol. The fourth-order valence-electron chi connectivity index (χ4n) is 2.11. The van der Waals surface area contributed by atoms with Crippen LogP contribution in [0.1, 0.15) is 26.3 Å². The number of hydrogen-bond donors (Lipinski definition) is 1. The molecule has 0 aromatic heterocycles. The van der Waals surface area contributed by atoms with Gasteiger partial charge < -0.3 is 10.0 Å². The Morgan fingerprint density at radius 3 is 2.63 bits per heavy atom. The second kappa shape index (κ2) is 4.89. The summed E-state index contributed by atoms with van der Waals surface area (Å²) in [7, 11) is 0. The van der Waals surface area contributed by atoms with Crippen LogP contribution in [0, 0.1) is 0 Å². The molecule has 0 saturated heterocycles. The van der Waals surface area contributed by atoms with Crippen molar-refractivity contribution >= 4 is 29.3 Å². The minimum atomic E-state index is -0.854. The molecule has 0 unspecified atom stereocenters. The zero-order valence-electron chi connectivity index (χ0n) is 11.3. The second-order valence-electron chi connectivity index (χ2n) is 5.13. The van der Waals surface area contributed by atoms with Gasteiger partial charge in [0.2, 0.25) is 5.91 Å². The largest absolute Gasteiger partial charge is 0.480 e. The number of aliphatic carboxylic acids is 1. The summed E-state index contributed by atoms with van der Waals surface area (Å²) in [6.45, 7) is 5.65. The van der Waals surface area contributed by atoms with Crippen LogP contribution in [0.2, 0.25) is 0 Å². The van der Waals surface area contributed by atoms with Crippen LogP contribution in [0.5, 0.6) is 0 Å². The molecule has 1 aliphatic rings. The first-order valence-corrected chi connectivity index (χ1v) is 6.96. The van der Waals surface area contributed by atoms with Crippen LogP contribution in [0.15, 0.2) is 23.1 Å². The minimum Gasteiger partial charge on any atom is -0.480 e. The standard InChI is InChI=1S/C14H17NO3S/c1-9(16)15-7-6-10-8-11(4-5-12(10)15)19-14(2,3)13(17)18/h4-5,8H,6-7H2,1-3H3,(H,17,18). The van der Waals surface area contributed by atoms with Gasteiger partial charge in [-0.3, -0.25) is 9.59 Å². The number of rotatable bonds is 3. The smallest absolute Gasteiger partial charge is 0.319 e. The lowest BCUT2D eigenvalue weighted by atomic mass is 10.2. The number of carboxylic acids is 1. The van der Waals surface area contributed by atoms with Crippen molar-refractivity contribution in [3.8, 4) is 0 Å². The second-order valence-corrected chi connectivity index (χ2v) is 6.82. The quantitative estimate of drug-likeness (QED) is 0.864. The summed E-state index contributed by atoms with van der Waals surface area (Å²) in [5, 5.41) is 9.14. The normalized spacial score (nSPS) is 14.4. The van der Waals surface area contributed by atoms with Crippen molar-refractivity contribution < 1.29 is 14.7 Å². The molecule has 4 nitrogen and oxygen atoms in total. The van der Waals surface area contributed by atoms with Crippen molar-refractivity contribution in [2.24, 2.45) is 0 Å². The number of nitrogens with zero attached hydrogens (tertiary/aromatic N) is 1. The molecule has 0 bridgehead atoms. The summed E-state index contributed by atoms with van der Waals surface area (Å²) in [4.78, 5) is 25.3. The van der Waals surface area contributed by atoms with Crippen molar-refractivity contribution in [2.75, 3.05) is 11.4 Å². The number of carbonyl (C=O) groups is 2. The molecule has 1 amide bonds. The maximum atomic E-state index is 11.5. The average Bonchev–Trinajstić information content (AvgIpc) is 2.71. The van der Waals surface area contributed by atoms with Crippen LogP contribution in [0.25, 0.3) is 0 Å². The maximum Gasteiger partial charge on any atom is 0.319 e. The Hall–Kier alpha value is -1.49. The summed E-state index contributed by atoms with van der Waals surface area (Å²) in [5.41, 5.74) is 2.06. The molecule has 102 valence electrons. The van der Waals surface area contributed by atoms with E-state index in [4.69, 9.17) is 5.11 Å². The highest BCUT2D eigenvalue weighted by Crippen LogP contribution is 2.37. The molecule has 2 rings (SSSR count). The zero-order chi connectivity index (χ0) is 14.2. The highest BCUT2D eigenvalue weighted by Gasteiger charge is 2.29. The topological polar surface area (TPSA) is 57.6 Å². The van der Waals surface area contributed by atoms with Crippen molar-refractivity contribution in [1.82, 2.24) is 0 Å². The molecule has 19 heavy (non-hydrogen) atoms. The van der Waals surface area contributed by atoms with Crippen molar-refractivity contribution in [3.05, 3.63) is 23.8 Å². The third-order valence-electron chi connectivity index (χ3n) is 3.21. The SMILES string of the molecule is CC(=O)N1CCc2cc(SC(C)(C)C(=O)O)ccc21. The van der Waals surface area contributed by atoms with Gasteiger partial charge in [-0.2, -0.15) is 0 Å². The Morgan fingerprint density at radius 2 is 2.05 bits per heavy atom. The van der Waals surface area contributed by atoms with E-state index in [0.717, 1.165) is 22.6 Å². The lowest BCUT2D eigenvalue weighted by Gasteiger charge is -2.19. The van der Waals surface area contributed by atoms with Crippen LogP contribution in [0.4, 0.5) is 5.69 Å².